The molecule has 0 aliphatic carbocycles. The molecule has 2 rings (SSSR count). The molecule has 20 heavy (non-hydrogen) atoms. The van der Waals surface area contributed by atoms with Crippen molar-refractivity contribution in [3.63, 3.8) is 0 Å². The molecule has 2 aromatic rings. The van der Waals surface area contributed by atoms with Gasteiger partial charge in [-0.05, 0) is 24.6 Å². The minimum Gasteiger partial charge on any atom is -0.271 e. The van der Waals surface area contributed by atoms with Crippen LogP contribution < -0.4 is 11.3 Å². The lowest BCUT2D eigenvalue weighted by Gasteiger charge is -2.19. The molecular formula is C14H12F4N2. The van der Waals surface area contributed by atoms with Crippen LogP contribution in [-0.4, -0.2) is 0 Å². The molecule has 0 saturated carbocycles. The van der Waals surface area contributed by atoms with E-state index >= 15 is 0 Å². The van der Waals surface area contributed by atoms with Crippen LogP contribution in [0.25, 0.3) is 0 Å². The summed E-state index contributed by atoms with van der Waals surface area (Å²) in [5.41, 5.74) is 1.81. The Morgan fingerprint density at radius 1 is 1.00 bits per heavy atom. The van der Waals surface area contributed by atoms with Crippen molar-refractivity contribution < 1.29 is 17.6 Å². The summed E-state index contributed by atoms with van der Waals surface area (Å²) in [7, 11) is 0. The molecule has 0 amide bonds. The zero-order chi connectivity index (χ0) is 14.9. The van der Waals surface area contributed by atoms with Crippen LogP contribution in [0.2, 0.25) is 0 Å². The highest BCUT2D eigenvalue weighted by Gasteiger charge is 2.24. The number of hydrogen-bond acceptors (Lipinski definition) is 2. The summed E-state index contributed by atoms with van der Waals surface area (Å²) < 4.78 is 54.6. The van der Waals surface area contributed by atoms with Gasteiger partial charge in [0.2, 0.25) is 0 Å². The summed E-state index contributed by atoms with van der Waals surface area (Å²) in [4.78, 5) is 0. The largest absolute Gasteiger partial charge is 0.271 e. The van der Waals surface area contributed by atoms with Crippen molar-refractivity contribution in [1.29, 1.82) is 0 Å². The molecule has 106 valence electrons. The summed E-state index contributed by atoms with van der Waals surface area (Å²) in [6.45, 7) is 1.45. The first-order valence-electron chi connectivity index (χ1n) is 5.81. The molecule has 0 aliphatic heterocycles. The lowest BCUT2D eigenvalue weighted by Crippen LogP contribution is -2.31. The van der Waals surface area contributed by atoms with Crippen molar-refractivity contribution in [2.75, 3.05) is 0 Å². The van der Waals surface area contributed by atoms with E-state index in [-0.39, 0.29) is 11.1 Å². The van der Waals surface area contributed by atoms with Crippen LogP contribution in [0.1, 0.15) is 22.7 Å². The van der Waals surface area contributed by atoms with E-state index in [4.69, 9.17) is 5.84 Å². The number of rotatable bonds is 3. The second kappa shape index (κ2) is 5.60. The monoisotopic (exact) mass is 284 g/mol. The average molecular weight is 284 g/mol. The summed E-state index contributed by atoms with van der Waals surface area (Å²) in [5, 5.41) is 0. The number of aryl methyl sites for hydroxylation is 1. The highest BCUT2D eigenvalue weighted by atomic mass is 19.1. The van der Waals surface area contributed by atoms with Crippen LogP contribution in [0.5, 0.6) is 0 Å². The molecule has 2 aromatic carbocycles. The first-order valence-corrected chi connectivity index (χ1v) is 5.81. The van der Waals surface area contributed by atoms with Crippen molar-refractivity contribution in [2.24, 2.45) is 5.84 Å². The number of nitrogens with two attached hydrogens (primary N) is 1. The van der Waals surface area contributed by atoms with Gasteiger partial charge in [0.05, 0.1) is 6.04 Å². The molecule has 0 saturated heterocycles. The van der Waals surface area contributed by atoms with Gasteiger partial charge in [-0.3, -0.25) is 5.84 Å². The standard InChI is InChI=1S/C14H12F4N2/c1-7-2-5-10(16)12(13(7)18)14(20-19)9-4-3-8(15)6-11(9)17/h2-6,14,20H,19H2,1H3. The molecule has 0 aliphatic rings. The molecule has 1 unspecified atom stereocenters. The topological polar surface area (TPSA) is 38.0 Å². The highest BCUT2D eigenvalue weighted by molar-refractivity contribution is 5.37. The smallest absolute Gasteiger partial charge is 0.134 e. The van der Waals surface area contributed by atoms with Gasteiger partial charge >= 0.3 is 0 Å². The molecule has 6 heteroatoms. The fourth-order valence-electron chi connectivity index (χ4n) is 2.01. The van der Waals surface area contributed by atoms with E-state index in [0.29, 0.717) is 6.07 Å². The number of benzene rings is 2. The number of hydrogen-bond donors (Lipinski definition) is 2. The van der Waals surface area contributed by atoms with E-state index in [9.17, 15) is 17.6 Å². The van der Waals surface area contributed by atoms with Gasteiger partial charge in [0, 0.05) is 17.2 Å². The van der Waals surface area contributed by atoms with E-state index in [1.165, 1.54) is 13.0 Å². The second-order valence-corrected chi connectivity index (χ2v) is 4.36. The summed E-state index contributed by atoms with van der Waals surface area (Å²) in [5.74, 6) is 1.88. The van der Waals surface area contributed by atoms with Gasteiger partial charge in [0.25, 0.3) is 0 Å². The van der Waals surface area contributed by atoms with Gasteiger partial charge in [-0.1, -0.05) is 12.1 Å². The van der Waals surface area contributed by atoms with Crippen LogP contribution >= 0.6 is 0 Å². The minimum absolute atomic E-state index is 0.141. The van der Waals surface area contributed by atoms with Crippen LogP contribution in [-0.2, 0) is 0 Å². The van der Waals surface area contributed by atoms with Crippen LogP contribution in [0.4, 0.5) is 17.6 Å². The fraction of sp³-hybridized carbons (Fsp3) is 0.143. The quantitative estimate of drug-likeness (QED) is 0.516. The third-order valence-electron chi connectivity index (χ3n) is 3.05. The first-order chi connectivity index (χ1) is 9.45. The summed E-state index contributed by atoms with van der Waals surface area (Å²) in [6.07, 6.45) is 0. The van der Waals surface area contributed by atoms with Crippen molar-refractivity contribution in [2.45, 2.75) is 13.0 Å². The molecule has 2 nitrogen and oxygen atoms in total. The Kier molecular flexibility index (Phi) is 4.06. The van der Waals surface area contributed by atoms with Gasteiger partial charge in [-0.2, -0.15) is 0 Å². The maximum atomic E-state index is 14.1. The molecular weight excluding hydrogens is 272 g/mol. The Balaban J connectivity index is 2.61. The predicted octanol–water partition coefficient (Wildman–Crippen LogP) is 3.10. The Hall–Kier alpha value is -1.92. The van der Waals surface area contributed by atoms with Gasteiger partial charge in [0.1, 0.15) is 23.3 Å². The van der Waals surface area contributed by atoms with Crippen LogP contribution in [0, 0.1) is 30.2 Å². The van der Waals surface area contributed by atoms with Crippen molar-refractivity contribution in [3.8, 4) is 0 Å². The maximum absolute atomic E-state index is 14.1. The molecule has 0 bridgehead atoms. The average Bonchev–Trinajstić information content (AvgIpc) is 2.40. The third-order valence-corrected chi connectivity index (χ3v) is 3.05. The van der Waals surface area contributed by atoms with Gasteiger partial charge in [-0.15, -0.1) is 0 Å². The number of hydrazine groups is 1. The van der Waals surface area contributed by atoms with E-state index in [0.717, 1.165) is 18.2 Å². The van der Waals surface area contributed by atoms with E-state index < -0.39 is 34.9 Å². The zero-order valence-corrected chi connectivity index (χ0v) is 10.6. The van der Waals surface area contributed by atoms with E-state index in [1.807, 2.05) is 0 Å². The Labute approximate surface area is 113 Å². The van der Waals surface area contributed by atoms with Gasteiger partial charge in [-0.25, -0.2) is 23.0 Å². The van der Waals surface area contributed by atoms with Crippen LogP contribution in [0.15, 0.2) is 30.3 Å². The molecule has 0 fully saturated rings. The molecule has 0 aromatic heterocycles. The van der Waals surface area contributed by atoms with Gasteiger partial charge < -0.3 is 0 Å². The van der Waals surface area contributed by atoms with Crippen molar-refractivity contribution >= 4 is 0 Å². The molecule has 3 N–H and O–H groups in total. The lowest BCUT2D eigenvalue weighted by atomic mass is 9.96. The fourth-order valence-corrected chi connectivity index (χ4v) is 2.01. The SMILES string of the molecule is Cc1ccc(F)c(C(NN)c2ccc(F)cc2F)c1F. The van der Waals surface area contributed by atoms with Crippen LogP contribution in [0.3, 0.4) is 0 Å². The Bertz CT molecular complexity index is 643. The normalized spacial score (nSPS) is 12.5. The van der Waals surface area contributed by atoms with E-state index in [1.54, 1.807) is 0 Å². The Morgan fingerprint density at radius 2 is 1.70 bits per heavy atom. The summed E-state index contributed by atoms with van der Waals surface area (Å²) in [6, 6.07) is 3.80. The zero-order valence-electron chi connectivity index (χ0n) is 10.6. The summed E-state index contributed by atoms with van der Waals surface area (Å²) >= 11 is 0. The van der Waals surface area contributed by atoms with Gasteiger partial charge in [0.15, 0.2) is 0 Å². The predicted molar refractivity (Wildman–Crippen MR) is 66.6 cm³/mol. The molecule has 0 spiro atoms. The first kappa shape index (κ1) is 14.5. The maximum Gasteiger partial charge on any atom is 0.134 e. The number of nitrogens with one attached hydrogen (secondary N) is 1. The lowest BCUT2D eigenvalue weighted by molar-refractivity contribution is 0.489. The molecule has 1 atom stereocenters. The second-order valence-electron chi connectivity index (χ2n) is 4.36. The molecule has 0 radical (unpaired) electrons. The molecule has 0 heterocycles. The van der Waals surface area contributed by atoms with Crippen molar-refractivity contribution in [3.05, 3.63) is 70.3 Å². The third kappa shape index (κ3) is 2.52. The Morgan fingerprint density at radius 3 is 2.30 bits per heavy atom. The van der Waals surface area contributed by atoms with E-state index in [2.05, 4.69) is 5.43 Å². The minimum atomic E-state index is -1.25. The number of halogens is 4. The van der Waals surface area contributed by atoms with Crippen molar-refractivity contribution in [1.82, 2.24) is 5.43 Å². The highest BCUT2D eigenvalue weighted by Crippen LogP contribution is 2.29.